The minimum Gasteiger partial charge on any atom is -0.292 e. The van der Waals surface area contributed by atoms with Crippen molar-refractivity contribution in [1.29, 1.82) is 0 Å². The van der Waals surface area contributed by atoms with Crippen molar-refractivity contribution in [1.82, 2.24) is 5.43 Å². The third kappa shape index (κ3) is 5.40. The molecule has 0 aliphatic rings. The zero-order valence-corrected chi connectivity index (χ0v) is 4.81. The summed E-state index contributed by atoms with van der Waals surface area (Å²) in [7, 11) is 0. The monoisotopic (exact) mass is 101 g/mol. The molecule has 3 nitrogen and oxygen atoms in total. The van der Waals surface area contributed by atoms with Crippen LogP contribution in [0.15, 0.2) is 10.3 Å². The van der Waals surface area contributed by atoms with Gasteiger partial charge in [0.2, 0.25) is 0 Å². The van der Waals surface area contributed by atoms with E-state index in [0.29, 0.717) is 0 Å². The molecule has 0 aromatic carbocycles. The molecule has 0 aliphatic heterocycles. The molecule has 0 saturated heterocycles. The van der Waals surface area contributed by atoms with Gasteiger partial charge in [-0.3, -0.25) is 5.43 Å². The Balaban J connectivity index is 2.78. The van der Waals surface area contributed by atoms with Crippen molar-refractivity contribution in [2.45, 2.75) is 13.8 Å². The SMILES string of the molecule is CCN=NNCC. The molecular weight excluding hydrogens is 90.1 g/mol. The number of rotatable bonds is 3. The topological polar surface area (TPSA) is 36.8 Å². The average molecular weight is 101 g/mol. The van der Waals surface area contributed by atoms with Crippen molar-refractivity contribution in [3.63, 3.8) is 0 Å². The van der Waals surface area contributed by atoms with Gasteiger partial charge in [0.15, 0.2) is 0 Å². The first-order chi connectivity index (χ1) is 3.41. The van der Waals surface area contributed by atoms with Gasteiger partial charge in [0.1, 0.15) is 0 Å². The summed E-state index contributed by atoms with van der Waals surface area (Å²) >= 11 is 0. The van der Waals surface area contributed by atoms with Gasteiger partial charge < -0.3 is 0 Å². The summed E-state index contributed by atoms with van der Waals surface area (Å²) in [6.45, 7) is 5.53. The molecule has 0 amide bonds. The van der Waals surface area contributed by atoms with Crippen LogP contribution in [0.1, 0.15) is 13.8 Å². The van der Waals surface area contributed by atoms with Gasteiger partial charge in [0.05, 0.1) is 6.54 Å². The molecule has 1 N–H and O–H groups in total. The lowest BCUT2D eigenvalue weighted by Crippen LogP contribution is -2.00. The molecule has 0 bridgehead atoms. The standard InChI is InChI=1S/C4H11N3/c1-3-5-7-6-4-2/h3-4H2,1-2H3,(H,5,6). The molecule has 0 unspecified atom stereocenters. The molecule has 0 radical (unpaired) electrons. The van der Waals surface area contributed by atoms with Gasteiger partial charge in [0.25, 0.3) is 0 Å². The van der Waals surface area contributed by atoms with E-state index in [0.717, 1.165) is 13.1 Å². The van der Waals surface area contributed by atoms with Crippen LogP contribution in [0.2, 0.25) is 0 Å². The van der Waals surface area contributed by atoms with Crippen LogP contribution in [0, 0.1) is 0 Å². The molecule has 3 heteroatoms. The first kappa shape index (κ1) is 6.40. The van der Waals surface area contributed by atoms with Gasteiger partial charge in [-0.15, -0.1) is 0 Å². The zero-order chi connectivity index (χ0) is 5.54. The molecule has 0 aromatic heterocycles. The summed E-state index contributed by atoms with van der Waals surface area (Å²) in [6, 6.07) is 0. The minimum absolute atomic E-state index is 0.757. The summed E-state index contributed by atoms with van der Waals surface area (Å²) in [5, 5.41) is 7.26. The van der Waals surface area contributed by atoms with E-state index in [1.807, 2.05) is 13.8 Å². The molecule has 0 aliphatic carbocycles. The molecule has 0 saturated carbocycles. The summed E-state index contributed by atoms with van der Waals surface area (Å²) < 4.78 is 0. The summed E-state index contributed by atoms with van der Waals surface area (Å²) in [4.78, 5) is 0. The summed E-state index contributed by atoms with van der Waals surface area (Å²) in [5.41, 5.74) is 2.71. The third-order valence-corrected chi connectivity index (χ3v) is 0.441. The maximum absolute atomic E-state index is 3.68. The van der Waals surface area contributed by atoms with Crippen LogP contribution in [0.3, 0.4) is 0 Å². The first-order valence-corrected chi connectivity index (χ1v) is 2.51. The van der Waals surface area contributed by atoms with Crippen molar-refractivity contribution in [3.05, 3.63) is 0 Å². The van der Waals surface area contributed by atoms with E-state index in [-0.39, 0.29) is 0 Å². The third-order valence-electron chi connectivity index (χ3n) is 0.441. The molecule has 0 fully saturated rings. The maximum atomic E-state index is 3.68. The Morgan fingerprint density at radius 2 is 2.14 bits per heavy atom. The highest BCUT2D eigenvalue weighted by Gasteiger charge is 1.64. The van der Waals surface area contributed by atoms with E-state index < -0.39 is 0 Å². The number of hydrogen-bond acceptors (Lipinski definition) is 2. The van der Waals surface area contributed by atoms with E-state index >= 15 is 0 Å². The van der Waals surface area contributed by atoms with E-state index in [1.165, 1.54) is 0 Å². The van der Waals surface area contributed by atoms with Crippen LogP contribution in [-0.4, -0.2) is 13.1 Å². The summed E-state index contributed by atoms with van der Waals surface area (Å²) in [5.74, 6) is 0. The molecule has 0 aromatic rings. The molecule has 7 heavy (non-hydrogen) atoms. The van der Waals surface area contributed by atoms with Gasteiger partial charge in [-0.2, -0.15) is 5.11 Å². The van der Waals surface area contributed by atoms with Crippen LogP contribution in [-0.2, 0) is 0 Å². The Labute approximate surface area is 43.8 Å². The highest BCUT2D eigenvalue weighted by Crippen LogP contribution is 1.65. The Bertz CT molecular complexity index is 50.9. The lowest BCUT2D eigenvalue weighted by Gasteiger charge is -1.85. The van der Waals surface area contributed by atoms with Crippen molar-refractivity contribution < 1.29 is 0 Å². The highest BCUT2D eigenvalue weighted by atomic mass is 15.4. The van der Waals surface area contributed by atoms with E-state index in [2.05, 4.69) is 15.8 Å². The molecule has 0 heterocycles. The van der Waals surface area contributed by atoms with Crippen molar-refractivity contribution in [2.75, 3.05) is 13.1 Å². The first-order valence-electron chi connectivity index (χ1n) is 2.51. The molecule has 0 atom stereocenters. The Morgan fingerprint density at radius 1 is 1.43 bits per heavy atom. The predicted molar refractivity (Wildman–Crippen MR) is 29.1 cm³/mol. The minimum atomic E-state index is 0.757. The van der Waals surface area contributed by atoms with Gasteiger partial charge in [-0.25, -0.2) is 0 Å². The Hall–Kier alpha value is -0.600. The van der Waals surface area contributed by atoms with E-state index in [4.69, 9.17) is 0 Å². The maximum Gasteiger partial charge on any atom is 0.0592 e. The predicted octanol–water partition coefficient (Wildman–Crippen LogP) is 0.983. The zero-order valence-electron chi connectivity index (χ0n) is 4.81. The highest BCUT2D eigenvalue weighted by molar-refractivity contribution is 4.23. The molecular formula is C4H11N3. The van der Waals surface area contributed by atoms with Crippen LogP contribution in [0.25, 0.3) is 0 Å². The molecule has 42 valence electrons. The fourth-order valence-electron chi connectivity index (χ4n) is 0.191. The van der Waals surface area contributed by atoms with Crippen molar-refractivity contribution in [3.8, 4) is 0 Å². The smallest absolute Gasteiger partial charge is 0.0592 e. The second-order valence-electron chi connectivity index (χ2n) is 1.07. The van der Waals surface area contributed by atoms with Gasteiger partial charge in [-0.05, 0) is 13.8 Å². The van der Waals surface area contributed by atoms with Crippen LogP contribution < -0.4 is 5.43 Å². The van der Waals surface area contributed by atoms with Crippen molar-refractivity contribution >= 4 is 0 Å². The Morgan fingerprint density at radius 3 is 2.57 bits per heavy atom. The fraction of sp³-hybridized carbons (Fsp3) is 1.00. The van der Waals surface area contributed by atoms with E-state index in [9.17, 15) is 0 Å². The molecule has 0 rings (SSSR count). The Kier molecular flexibility index (Phi) is 4.94. The summed E-state index contributed by atoms with van der Waals surface area (Å²) in [6.07, 6.45) is 0. The van der Waals surface area contributed by atoms with Crippen LogP contribution >= 0.6 is 0 Å². The largest absolute Gasteiger partial charge is 0.292 e. The van der Waals surface area contributed by atoms with Gasteiger partial charge >= 0.3 is 0 Å². The second kappa shape index (κ2) is 5.40. The van der Waals surface area contributed by atoms with Crippen LogP contribution in [0.5, 0.6) is 0 Å². The van der Waals surface area contributed by atoms with Crippen LogP contribution in [0.4, 0.5) is 0 Å². The number of nitrogens with zero attached hydrogens (tertiary/aromatic N) is 2. The van der Waals surface area contributed by atoms with Crippen molar-refractivity contribution in [2.24, 2.45) is 10.3 Å². The normalized spacial score (nSPS) is 10.0. The number of hydrogen-bond donors (Lipinski definition) is 1. The second-order valence-corrected chi connectivity index (χ2v) is 1.07. The van der Waals surface area contributed by atoms with E-state index in [1.54, 1.807) is 0 Å². The molecule has 0 spiro atoms. The number of nitrogens with one attached hydrogen (secondary N) is 1. The average Bonchev–Trinajstić information content (AvgIpc) is 1.69. The lowest BCUT2D eigenvalue weighted by molar-refractivity contribution is 0.704. The van der Waals surface area contributed by atoms with Gasteiger partial charge in [0, 0.05) is 6.54 Å². The lowest BCUT2D eigenvalue weighted by atomic mass is 10.8. The van der Waals surface area contributed by atoms with Gasteiger partial charge in [-0.1, -0.05) is 5.22 Å². The quantitative estimate of drug-likeness (QED) is 0.417. The fourth-order valence-corrected chi connectivity index (χ4v) is 0.191.